The van der Waals surface area contributed by atoms with Gasteiger partial charge < -0.3 is 4.90 Å². The van der Waals surface area contributed by atoms with Crippen molar-refractivity contribution in [2.24, 2.45) is 0 Å². The molecule has 2 nitrogen and oxygen atoms in total. The van der Waals surface area contributed by atoms with E-state index in [2.05, 4.69) is 28.0 Å². The van der Waals surface area contributed by atoms with Crippen LogP contribution in [0.3, 0.4) is 0 Å². The number of benzene rings is 2. The van der Waals surface area contributed by atoms with Gasteiger partial charge in [-0.2, -0.15) is 0 Å². The van der Waals surface area contributed by atoms with Gasteiger partial charge in [0.05, 0.1) is 10.7 Å². The van der Waals surface area contributed by atoms with Crippen LogP contribution in [0.25, 0.3) is 0 Å². The molecule has 2 aromatic carbocycles. The lowest BCUT2D eigenvalue weighted by Gasteiger charge is -2.36. The smallest absolute Gasteiger partial charge is 0.0639 e. The summed E-state index contributed by atoms with van der Waals surface area (Å²) in [5, 5.41) is 1.63. The molecule has 0 amide bonds. The maximum absolute atomic E-state index is 6.27. The molecule has 22 heavy (non-hydrogen) atoms. The van der Waals surface area contributed by atoms with Gasteiger partial charge in [0.15, 0.2) is 0 Å². The maximum atomic E-state index is 6.27. The molecule has 2 aromatic rings. The second-order valence-corrected chi connectivity index (χ2v) is 6.18. The van der Waals surface area contributed by atoms with E-state index in [0.717, 1.165) is 48.5 Å². The SMILES string of the molecule is Cl.Clc1ccc(CN2CCN(c3ccccc3Cl)CC2)cc1. The molecule has 118 valence electrons. The summed E-state index contributed by atoms with van der Waals surface area (Å²) in [6.45, 7) is 5.10. The van der Waals surface area contributed by atoms with E-state index < -0.39 is 0 Å². The molecule has 0 radical (unpaired) electrons. The van der Waals surface area contributed by atoms with Crippen LogP contribution in [0.15, 0.2) is 48.5 Å². The number of piperazine rings is 1. The molecule has 0 aromatic heterocycles. The van der Waals surface area contributed by atoms with Crippen LogP contribution in [0.2, 0.25) is 10.0 Å². The molecule has 1 heterocycles. The second-order valence-electron chi connectivity index (χ2n) is 5.34. The summed E-state index contributed by atoms with van der Waals surface area (Å²) in [6.07, 6.45) is 0. The molecule has 1 fully saturated rings. The lowest BCUT2D eigenvalue weighted by atomic mass is 10.2. The second kappa shape index (κ2) is 8.07. The van der Waals surface area contributed by atoms with Gasteiger partial charge in [-0.05, 0) is 29.8 Å². The van der Waals surface area contributed by atoms with Crippen LogP contribution in [-0.4, -0.2) is 31.1 Å². The van der Waals surface area contributed by atoms with Crippen LogP contribution >= 0.6 is 35.6 Å². The summed E-state index contributed by atoms with van der Waals surface area (Å²) in [5.41, 5.74) is 2.45. The number of hydrogen-bond donors (Lipinski definition) is 0. The molecule has 0 spiro atoms. The molecule has 3 rings (SSSR count). The van der Waals surface area contributed by atoms with E-state index in [1.807, 2.05) is 30.3 Å². The zero-order chi connectivity index (χ0) is 14.7. The third kappa shape index (κ3) is 4.30. The summed E-state index contributed by atoms with van der Waals surface area (Å²) in [5.74, 6) is 0. The average Bonchev–Trinajstić information content (AvgIpc) is 2.51. The van der Waals surface area contributed by atoms with Gasteiger partial charge in [0.25, 0.3) is 0 Å². The molecular weight excluding hydrogens is 339 g/mol. The van der Waals surface area contributed by atoms with Crippen LogP contribution in [-0.2, 0) is 6.54 Å². The lowest BCUT2D eigenvalue weighted by Crippen LogP contribution is -2.46. The summed E-state index contributed by atoms with van der Waals surface area (Å²) in [4.78, 5) is 4.83. The summed E-state index contributed by atoms with van der Waals surface area (Å²) >= 11 is 12.2. The Balaban J connectivity index is 0.00000176. The number of para-hydroxylation sites is 1. The van der Waals surface area contributed by atoms with Crippen molar-refractivity contribution in [1.29, 1.82) is 0 Å². The molecule has 0 bridgehead atoms. The Labute approximate surface area is 148 Å². The van der Waals surface area contributed by atoms with Crippen molar-refractivity contribution in [2.75, 3.05) is 31.1 Å². The Morgan fingerprint density at radius 3 is 2.09 bits per heavy atom. The first-order chi connectivity index (χ1) is 10.2. The fraction of sp³-hybridized carbons (Fsp3) is 0.294. The van der Waals surface area contributed by atoms with E-state index >= 15 is 0 Å². The largest absolute Gasteiger partial charge is 0.368 e. The van der Waals surface area contributed by atoms with Crippen LogP contribution in [0.1, 0.15) is 5.56 Å². The van der Waals surface area contributed by atoms with Crippen molar-refractivity contribution in [2.45, 2.75) is 6.54 Å². The van der Waals surface area contributed by atoms with E-state index in [0.29, 0.717) is 0 Å². The molecule has 0 aliphatic carbocycles. The fourth-order valence-corrected chi connectivity index (χ4v) is 3.08. The molecule has 0 N–H and O–H groups in total. The lowest BCUT2D eigenvalue weighted by molar-refractivity contribution is 0.250. The highest BCUT2D eigenvalue weighted by Crippen LogP contribution is 2.26. The summed E-state index contributed by atoms with van der Waals surface area (Å²) in [7, 11) is 0. The highest BCUT2D eigenvalue weighted by Gasteiger charge is 2.18. The van der Waals surface area contributed by atoms with Gasteiger partial charge in [-0.3, -0.25) is 4.90 Å². The predicted molar refractivity (Wildman–Crippen MR) is 97.6 cm³/mol. The van der Waals surface area contributed by atoms with Gasteiger partial charge in [0.2, 0.25) is 0 Å². The zero-order valence-corrected chi connectivity index (χ0v) is 14.5. The molecule has 0 saturated carbocycles. The summed E-state index contributed by atoms with van der Waals surface area (Å²) in [6, 6.07) is 16.2. The Bertz CT molecular complexity index is 593. The van der Waals surface area contributed by atoms with Gasteiger partial charge in [0, 0.05) is 37.7 Å². The molecule has 0 unspecified atom stereocenters. The monoisotopic (exact) mass is 356 g/mol. The van der Waals surface area contributed by atoms with Crippen LogP contribution in [0, 0.1) is 0 Å². The third-order valence-electron chi connectivity index (χ3n) is 3.88. The number of hydrogen-bond acceptors (Lipinski definition) is 2. The van der Waals surface area contributed by atoms with Crippen LogP contribution in [0.4, 0.5) is 5.69 Å². The highest BCUT2D eigenvalue weighted by molar-refractivity contribution is 6.33. The fourth-order valence-electron chi connectivity index (χ4n) is 2.70. The van der Waals surface area contributed by atoms with E-state index in [1.54, 1.807) is 0 Å². The molecule has 1 aliphatic heterocycles. The third-order valence-corrected chi connectivity index (χ3v) is 4.46. The van der Waals surface area contributed by atoms with Crippen LogP contribution < -0.4 is 4.90 Å². The van der Waals surface area contributed by atoms with Gasteiger partial charge in [-0.25, -0.2) is 0 Å². The number of nitrogens with zero attached hydrogens (tertiary/aromatic N) is 2. The minimum atomic E-state index is 0. The van der Waals surface area contributed by atoms with Crippen molar-refractivity contribution in [1.82, 2.24) is 4.90 Å². The Hall–Kier alpha value is -0.930. The van der Waals surface area contributed by atoms with E-state index in [1.165, 1.54) is 5.56 Å². The predicted octanol–water partition coefficient (Wildman–Crippen LogP) is 4.74. The zero-order valence-electron chi connectivity index (χ0n) is 12.2. The van der Waals surface area contributed by atoms with Gasteiger partial charge >= 0.3 is 0 Å². The van der Waals surface area contributed by atoms with Gasteiger partial charge in [0.1, 0.15) is 0 Å². The first-order valence-corrected chi connectivity index (χ1v) is 7.94. The molecular formula is C17H19Cl3N2. The Kier molecular flexibility index (Phi) is 6.39. The highest BCUT2D eigenvalue weighted by atomic mass is 35.5. The molecule has 0 atom stereocenters. The quantitative estimate of drug-likeness (QED) is 0.783. The molecule has 1 saturated heterocycles. The van der Waals surface area contributed by atoms with Crippen molar-refractivity contribution in [3.05, 3.63) is 64.1 Å². The van der Waals surface area contributed by atoms with Crippen molar-refractivity contribution < 1.29 is 0 Å². The van der Waals surface area contributed by atoms with Gasteiger partial charge in [-0.15, -0.1) is 12.4 Å². The first kappa shape index (κ1) is 17.4. The Morgan fingerprint density at radius 2 is 1.45 bits per heavy atom. The molecule has 5 heteroatoms. The van der Waals surface area contributed by atoms with Crippen molar-refractivity contribution in [3.8, 4) is 0 Å². The minimum absolute atomic E-state index is 0. The molecule has 1 aliphatic rings. The summed E-state index contributed by atoms with van der Waals surface area (Å²) < 4.78 is 0. The van der Waals surface area contributed by atoms with Gasteiger partial charge in [-0.1, -0.05) is 47.5 Å². The van der Waals surface area contributed by atoms with Crippen molar-refractivity contribution in [3.63, 3.8) is 0 Å². The number of anilines is 1. The normalized spacial score (nSPS) is 15.5. The average molecular weight is 358 g/mol. The van der Waals surface area contributed by atoms with E-state index in [-0.39, 0.29) is 12.4 Å². The minimum Gasteiger partial charge on any atom is -0.368 e. The standard InChI is InChI=1S/C17H18Cl2N2.ClH/c18-15-7-5-14(6-8-15)13-20-9-11-21(12-10-20)17-4-2-1-3-16(17)19;/h1-8H,9-13H2;1H. The number of halogens is 3. The van der Waals surface area contributed by atoms with E-state index in [9.17, 15) is 0 Å². The number of rotatable bonds is 3. The van der Waals surface area contributed by atoms with Crippen LogP contribution in [0.5, 0.6) is 0 Å². The first-order valence-electron chi connectivity index (χ1n) is 7.18. The Morgan fingerprint density at radius 1 is 0.818 bits per heavy atom. The van der Waals surface area contributed by atoms with E-state index in [4.69, 9.17) is 23.2 Å². The maximum Gasteiger partial charge on any atom is 0.0639 e. The van der Waals surface area contributed by atoms with Crippen molar-refractivity contribution >= 4 is 41.3 Å². The topological polar surface area (TPSA) is 6.48 Å².